The summed E-state index contributed by atoms with van der Waals surface area (Å²) in [6, 6.07) is 8.16. The molecule has 1 aliphatic rings. The first-order chi connectivity index (χ1) is 10.2. The molecular formula is C17H21N3O. The van der Waals surface area contributed by atoms with Crippen molar-refractivity contribution in [2.24, 2.45) is 0 Å². The van der Waals surface area contributed by atoms with Gasteiger partial charge >= 0.3 is 0 Å². The summed E-state index contributed by atoms with van der Waals surface area (Å²) in [5, 5.41) is 3.14. The van der Waals surface area contributed by atoms with Gasteiger partial charge in [-0.1, -0.05) is 19.1 Å². The fraction of sp³-hybridized carbons (Fsp3) is 0.412. The molecule has 0 radical (unpaired) electrons. The van der Waals surface area contributed by atoms with E-state index in [-0.39, 0.29) is 0 Å². The monoisotopic (exact) mass is 283 g/mol. The molecule has 3 rings (SSSR count). The largest absolute Gasteiger partial charge is 0.439 e. The highest BCUT2D eigenvalue weighted by Gasteiger charge is 2.28. The van der Waals surface area contributed by atoms with Gasteiger partial charge in [-0.2, -0.15) is 4.98 Å². The molecule has 1 aromatic carbocycles. The summed E-state index contributed by atoms with van der Waals surface area (Å²) in [6.07, 6.45) is 3.35. The predicted octanol–water partition coefficient (Wildman–Crippen LogP) is 4.06. The van der Waals surface area contributed by atoms with Gasteiger partial charge in [-0.3, -0.25) is 0 Å². The molecule has 110 valence electrons. The van der Waals surface area contributed by atoms with E-state index in [9.17, 15) is 0 Å². The molecule has 0 saturated heterocycles. The second-order valence-electron chi connectivity index (χ2n) is 5.49. The summed E-state index contributed by atoms with van der Waals surface area (Å²) in [4.78, 5) is 9.21. The molecular weight excluding hydrogens is 262 g/mol. The van der Waals surface area contributed by atoms with E-state index >= 15 is 0 Å². The average molecular weight is 283 g/mol. The third-order valence-corrected chi connectivity index (χ3v) is 3.82. The molecule has 1 heterocycles. The molecule has 0 atom stereocenters. The van der Waals surface area contributed by atoms with E-state index in [1.807, 2.05) is 26.1 Å². The molecule has 1 N–H and O–H groups in total. The van der Waals surface area contributed by atoms with Crippen LogP contribution in [0, 0.1) is 6.92 Å². The molecule has 0 unspecified atom stereocenters. The second-order valence-corrected chi connectivity index (χ2v) is 5.49. The molecule has 21 heavy (non-hydrogen) atoms. The van der Waals surface area contributed by atoms with E-state index in [1.54, 1.807) is 0 Å². The van der Waals surface area contributed by atoms with Crippen molar-refractivity contribution in [3.63, 3.8) is 0 Å². The highest BCUT2D eigenvalue weighted by atomic mass is 16.5. The highest BCUT2D eigenvalue weighted by Crippen LogP contribution is 2.40. The van der Waals surface area contributed by atoms with E-state index in [4.69, 9.17) is 4.74 Å². The second kappa shape index (κ2) is 5.72. The number of benzene rings is 1. The third kappa shape index (κ3) is 2.99. The van der Waals surface area contributed by atoms with Gasteiger partial charge < -0.3 is 10.1 Å². The maximum atomic E-state index is 6.02. The van der Waals surface area contributed by atoms with Crippen molar-refractivity contribution in [3.05, 3.63) is 41.2 Å². The Kier molecular flexibility index (Phi) is 3.78. The number of nitrogens with zero attached hydrogens (tertiary/aromatic N) is 2. The number of aromatic nitrogens is 2. The van der Waals surface area contributed by atoms with Crippen LogP contribution < -0.4 is 10.1 Å². The third-order valence-electron chi connectivity index (χ3n) is 3.82. The van der Waals surface area contributed by atoms with Crippen LogP contribution in [0.25, 0.3) is 0 Å². The number of rotatable bonds is 5. The quantitative estimate of drug-likeness (QED) is 0.899. The minimum atomic E-state index is 0.502. The molecule has 0 aliphatic heterocycles. The smallest absolute Gasteiger partial charge is 0.227 e. The van der Waals surface area contributed by atoms with Crippen molar-refractivity contribution in [1.29, 1.82) is 0 Å². The molecule has 2 aromatic rings. The van der Waals surface area contributed by atoms with Crippen LogP contribution in [0.4, 0.5) is 5.82 Å². The van der Waals surface area contributed by atoms with Crippen LogP contribution in [-0.2, 0) is 6.42 Å². The Morgan fingerprint density at radius 2 is 2.10 bits per heavy atom. The van der Waals surface area contributed by atoms with Gasteiger partial charge in [-0.25, -0.2) is 4.98 Å². The molecule has 1 aromatic heterocycles. The van der Waals surface area contributed by atoms with Crippen molar-refractivity contribution in [1.82, 2.24) is 9.97 Å². The van der Waals surface area contributed by atoms with Crippen LogP contribution in [0.5, 0.6) is 11.6 Å². The van der Waals surface area contributed by atoms with Gasteiger partial charge in [-0.05, 0) is 43.9 Å². The number of ether oxygens (including phenoxy) is 1. The highest BCUT2D eigenvalue weighted by molar-refractivity contribution is 5.49. The Morgan fingerprint density at radius 1 is 1.29 bits per heavy atom. The van der Waals surface area contributed by atoms with E-state index in [0.29, 0.717) is 11.8 Å². The van der Waals surface area contributed by atoms with Crippen LogP contribution >= 0.6 is 0 Å². The van der Waals surface area contributed by atoms with Gasteiger partial charge in [-0.15, -0.1) is 0 Å². The summed E-state index contributed by atoms with van der Waals surface area (Å²) < 4.78 is 6.02. The molecule has 0 amide bonds. The Labute approximate surface area is 125 Å². The van der Waals surface area contributed by atoms with Gasteiger partial charge in [0.2, 0.25) is 5.88 Å². The lowest BCUT2D eigenvalue weighted by molar-refractivity contribution is 0.454. The number of nitrogens with one attached hydrogen (secondary N) is 1. The van der Waals surface area contributed by atoms with E-state index in [1.165, 1.54) is 18.4 Å². The summed E-state index contributed by atoms with van der Waals surface area (Å²) in [5.41, 5.74) is 2.21. The van der Waals surface area contributed by atoms with Crippen LogP contribution in [0.2, 0.25) is 0 Å². The fourth-order valence-electron chi connectivity index (χ4n) is 2.32. The van der Waals surface area contributed by atoms with E-state index < -0.39 is 0 Å². The first-order valence-electron chi connectivity index (χ1n) is 7.54. The van der Waals surface area contributed by atoms with Crippen LogP contribution in [-0.4, -0.2) is 17.0 Å². The Hall–Kier alpha value is -2.10. The zero-order valence-electron chi connectivity index (χ0n) is 12.8. The van der Waals surface area contributed by atoms with Crippen molar-refractivity contribution >= 4 is 5.82 Å². The molecule has 1 saturated carbocycles. The van der Waals surface area contributed by atoms with Crippen molar-refractivity contribution in [2.75, 3.05) is 12.4 Å². The summed E-state index contributed by atoms with van der Waals surface area (Å²) in [6.45, 7) is 4.13. The standard InChI is InChI=1S/C17H21N3O/c1-4-12-6-5-7-14(10-12)21-17-11(2)15(18-3)19-16(20-17)13-8-9-13/h5-7,10,13H,4,8-9H2,1-3H3,(H,18,19,20). The first-order valence-corrected chi connectivity index (χ1v) is 7.54. The lowest BCUT2D eigenvalue weighted by Gasteiger charge is -2.13. The van der Waals surface area contributed by atoms with Crippen molar-refractivity contribution < 1.29 is 4.74 Å². The first kappa shape index (κ1) is 13.9. The summed E-state index contributed by atoms with van der Waals surface area (Å²) in [5.74, 6) is 3.74. The van der Waals surface area contributed by atoms with Gasteiger partial charge in [0.1, 0.15) is 17.4 Å². The number of anilines is 1. The van der Waals surface area contributed by atoms with Gasteiger partial charge in [0, 0.05) is 13.0 Å². The van der Waals surface area contributed by atoms with E-state index in [2.05, 4.69) is 34.3 Å². The van der Waals surface area contributed by atoms with Gasteiger partial charge in [0.05, 0.1) is 5.56 Å². The van der Waals surface area contributed by atoms with E-state index in [0.717, 1.165) is 29.4 Å². The Balaban J connectivity index is 1.94. The van der Waals surface area contributed by atoms with Crippen LogP contribution in [0.1, 0.15) is 42.6 Å². The average Bonchev–Trinajstić information content (AvgIpc) is 3.34. The van der Waals surface area contributed by atoms with Crippen LogP contribution in [0.3, 0.4) is 0 Å². The van der Waals surface area contributed by atoms with Crippen molar-refractivity contribution in [2.45, 2.75) is 39.0 Å². The van der Waals surface area contributed by atoms with Gasteiger partial charge in [0.25, 0.3) is 0 Å². The lowest BCUT2D eigenvalue weighted by Crippen LogP contribution is -2.04. The number of hydrogen-bond donors (Lipinski definition) is 1. The van der Waals surface area contributed by atoms with Crippen LogP contribution in [0.15, 0.2) is 24.3 Å². The Morgan fingerprint density at radius 3 is 2.76 bits per heavy atom. The molecule has 4 heteroatoms. The molecule has 1 fully saturated rings. The van der Waals surface area contributed by atoms with Crippen molar-refractivity contribution in [3.8, 4) is 11.6 Å². The molecule has 0 bridgehead atoms. The normalized spacial score (nSPS) is 14.0. The molecule has 4 nitrogen and oxygen atoms in total. The number of hydrogen-bond acceptors (Lipinski definition) is 4. The SMILES string of the molecule is CCc1cccc(Oc2nc(C3CC3)nc(NC)c2C)c1. The maximum Gasteiger partial charge on any atom is 0.227 e. The zero-order chi connectivity index (χ0) is 14.8. The fourth-order valence-corrected chi connectivity index (χ4v) is 2.32. The number of aryl methyl sites for hydroxylation is 1. The lowest BCUT2D eigenvalue weighted by atomic mass is 10.2. The zero-order valence-corrected chi connectivity index (χ0v) is 12.8. The minimum absolute atomic E-state index is 0.502. The summed E-state index contributed by atoms with van der Waals surface area (Å²) in [7, 11) is 1.88. The summed E-state index contributed by atoms with van der Waals surface area (Å²) >= 11 is 0. The minimum Gasteiger partial charge on any atom is -0.439 e. The Bertz CT molecular complexity index is 650. The topological polar surface area (TPSA) is 47.0 Å². The maximum absolute atomic E-state index is 6.02. The molecule has 1 aliphatic carbocycles. The molecule has 0 spiro atoms. The van der Waals surface area contributed by atoms with Gasteiger partial charge in [0.15, 0.2) is 0 Å². The predicted molar refractivity (Wildman–Crippen MR) is 84.2 cm³/mol.